The number of hydrogen-bond donors (Lipinski definition) is 0. The molecule has 0 amide bonds. The quantitative estimate of drug-likeness (QED) is 0.171. The number of non-ortho nitro benzene ring substituents is 2. The second kappa shape index (κ2) is 9.37. The fourth-order valence-corrected chi connectivity index (χ4v) is 3.71. The molecule has 0 aliphatic heterocycles. The van der Waals surface area contributed by atoms with Crippen LogP contribution in [0.15, 0.2) is 91.3 Å². The Hall–Kier alpha value is -4.43. The number of hydrogen-bond acceptors (Lipinski definition) is 6. The summed E-state index contributed by atoms with van der Waals surface area (Å²) in [6.07, 6.45) is 3.06. The molecule has 0 radical (unpaired) electrons. The van der Waals surface area contributed by atoms with Gasteiger partial charge in [-0.2, -0.15) is 0 Å². The molecular formula is C24H15ClN4O4. The van der Waals surface area contributed by atoms with E-state index in [2.05, 4.69) is 9.97 Å². The largest absolute Gasteiger partial charge is 0.277 e. The molecule has 0 spiro atoms. The highest BCUT2D eigenvalue weighted by atomic mass is 35.5. The lowest BCUT2D eigenvalue weighted by atomic mass is 10.0. The summed E-state index contributed by atoms with van der Waals surface area (Å²) in [7, 11) is 0. The Morgan fingerprint density at radius 1 is 0.606 bits per heavy atom. The molecule has 0 saturated carbocycles. The van der Waals surface area contributed by atoms with E-state index >= 15 is 0 Å². The smallest absolute Gasteiger partial charge is 0.258 e. The zero-order chi connectivity index (χ0) is 23.4. The lowest BCUT2D eigenvalue weighted by molar-refractivity contribution is -0.383. The first-order chi connectivity index (χ1) is 16.0. The fraction of sp³-hybridized carbons (Fsp3) is 0. The van der Waals surface area contributed by atoms with Crippen molar-refractivity contribution in [1.29, 1.82) is 0 Å². The second-order valence-electron chi connectivity index (χ2n) is 6.89. The summed E-state index contributed by atoms with van der Waals surface area (Å²) in [5.41, 5.74) is 1.87. The van der Waals surface area contributed by atoms with E-state index in [0.717, 1.165) is 16.6 Å². The average Bonchev–Trinajstić information content (AvgIpc) is 2.84. The average molecular weight is 459 g/mol. The van der Waals surface area contributed by atoms with Gasteiger partial charge in [0, 0.05) is 40.9 Å². The van der Waals surface area contributed by atoms with Crippen LogP contribution >= 0.6 is 11.6 Å². The van der Waals surface area contributed by atoms with Crippen molar-refractivity contribution in [3.05, 3.63) is 117 Å². The number of rotatable bonds is 3. The van der Waals surface area contributed by atoms with Crippen LogP contribution in [0.5, 0.6) is 0 Å². The van der Waals surface area contributed by atoms with Gasteiger partial charge < -0.3 is 0 Å². The summed E-state index contributed by atoms with van der Waals surface area (Å²) in [6, 6.07) is 22.7. The summed E-state index contributed by atoms with van der Waals surface area (Å²) in [4.78, 5) is 29.1. The molecular weight excluding hydrogens is 444 g/mol. The Kier molecular flexibility index (Phi) is 6.19. The molecule has 2 aromatic heterocycles. The summed E-state index contributed by atoms with van der Waals surface area (Å²) >= 11 is 5.80. The number of pyridine rings is 2. The predicted octanol–water partition coefficient (Wildman–Crippen LogP) is 6.61. The van der Waals surface area contributed by atoms with Crippen molar-refractivity contribution in [2.24, 2.45) is 0 Å². The molecule has 0 aliphatic rings. The molecule has 2 heterocycles. The summed E-state index contributed by atoms with van der Waals surface area (Å²) < 4.78 is 0. The fourth-order valence-electron chi connectivity index (χ4n) is 3.49. The molecule has 162 valence electrons. The van der Waals surface area contributed by atoms with Gasteiger partial charge in [-0.1, -0.05) is 66.2 Å². The van der Waals surface area contributed by atoms with Gasteiger partial charge in [0.2, 0.25) is 0 Å². The standard InChI is InChI=1S/C15H10N2O2.C9H5ClN2O2/c18-17(19)14-8-4-7-13-12(14)9-10-16-15(13)11-5-2-1-3-6-11;10-9-7-2-1-3-8(12(13)14)6(7)4-5-11-9/h1-10H;1-5H. The topological polar surface area (TPSA) is 112 Å². The van der Waals surface area contributed by atoms with E-state index in [1.165, 1.54) is 18.3 Å². The third-order valence-corrected chi connectivity index (χ3v) is 5.26. The van der Waals surface area contributed by atoms with Crippen molar-refractivity contribution in [1.82, 2.24) is 9.97 Å². The maximum absolute atomic E-state index is 11.0. The third kappa shape index (κ3) is 4.46. The van der Waals surface area contributed by atoms with Crippen LogP contribution in [0, 0.1) is 20.2 Å². The second-order valence-corrected chi connectivity index (χ2v) is 7.24. The number of nitro groups is 2. The molecule has 0 fully saturated rings. The third-order valence-electron chi connectivity index (χ3n) is 4.96. The summed E-state index contributed by atoms with van der Waals surface area (Å²) in [5, 5.41) is 24.5. The maximum atomic E-state index is 11.0. The number of nitro benzene ring substituents is 2. The first kappa shape index (κ1) is 21.8. The van der Waals surface area contributed by atoms with Crippen LogP contribution in [0.3, 0.4) is 0 Å². The van der Waals surface area contributed by atoms with Crippen LogP contribution in [0.2, 0.25) is 5.15 Å². The van der Waals surface area contributed by atoms with Gasteiger partial charge in [-0.25, -0.2) is 4.98 Å². The minimum absolute atomic E-state index is 0.0480. The van der Waals surface area contributed by atoms with E-state index in [4.69, 9.17) is 11.6 Å². The molecule has 0 N–H and O–H groups in total. The molecule has 33 heavy (non-hydrogen) atoms. The van der Waals surface area contributed by atoms with Gasteiger partial charge in [0.25, 0.3) is 11.4 Å². The Morgan fingerprint density at radius 2 is 1.15 bits per heavy atom. The van der Waals surface area contributed by atoms with Gasteiger partial charge in [0.15, 0.2) is 0 Å². The van der Waals surface area contributed by atoms with Crippen molar-refractivity contribution >= 4 is 44.5 Å². The Balaban J connectivity index is 0.000000165. The molecule has 3 aromatic carbocycles. The molecule has 5 rings (SSSR count). The van der Waals surface area contributed by atoms with E-state index in [1.54, 1.807) is 36.5 Å². The monoisotopic (exact) mass is 458 g/mol. The van der Waals surface area contributed by atoms with Crippen LogP contribution in [0.1, 0.15) is 0 Å². The highest BCUT2D eigenvalue weighted by Crippen LogP contribution is 2.31. The highest BCUT2D eigenvalue weighted by molar-refractivity contribution is 6.34. The molecule has 0 saturated heterocycles. The Morgan fingerprint density at radius 3 is 1.76 bits per heavy atom. The minimum Gasteiger partial charge on any atom is -0.258 e. The van der Waals surface area contributed by atoms with E-state index < -0.39 is 4.92 Å². The molecule has 0 atom stereocenters. The minimum atomic E-state index is -0.432. The maximum Gasteiger partial charge on any atom is 0.277 e. The number of aromatic nitrogens is 2. The van der Waals surface area contributed by atoms with Gasteiger partial charge in [0.1, 0.15) is 5.15 Å². The van der Waals surface area contributed by atoms with E-state index in [0.29, 0.717) is 16.2 Å². The number of fused-ring (bicyclic) bond motifs is 2. The Bertz CT molecular complexity index is 1490. The van der Waals surface area contributed by atoms with E-state index in [9.17, 15) is 20.2 Å². The predicted molar refractivity (Wildman–Crippen MR) is 127 cm³/mol. The molecule has 9 heteroatoms. The summed E-state index contributed by atoms with van der Waals surface area (Å²) in [5.74, 6) is 0. The Labute approximate surface area is 192 Å². The van der Waals surface area contributed by atoms with Gasteiger partial charge in [0.05, 0.1) is 26.3 Å². The lowest BCUT2D eigenvalue weighted by Gasteiger charge is -2.05. The first-order valence-corrected chi connectivity index (χ1v) is 10.1. The first-order valence-electron chi connectivity index (χ1n) is 9.72. The zero-order valence-corrected chi connectivity index (χ0v) is 17.7. The van der Waals surface area contributed by atoms with Crippen LogP contribution in [-0.2, 0) is 0 Å². The van der Waals surface area contributed by atoms with Crippen LogP contribution in [0.4, 0.5) is 11.4 Å². The SMILES string of the molecule is O=[N+]([O-])c1cccc2c(-c3ccccc3)nccc12.O=[N+]([O-])c1cccc2c(Cl)nccc12. The number of nitrogens with zero attached hydrogens (tertiary/aromatic N) is 4. The zero-order valence-electron chi connectivity index (χ0n) is 17.0. The molecule has 8 nitrogen and oxygen atoms in total. The van der Waals surface area contributed by atoms with Crippen molar-refractivity contribution in [3.8, 4) is 11.3 Å². The number of benzene rings is 3. The van der Waals surface area contributed by atoms with Crippen LogP contribution < -0.4 is 0 Å². The van der Waals surface area contributed by atoms with E-state index in [-0.39, 0.29) is 21.5 Å². The van der Waals surface area contributed by atoms with Crippen molar-refractivity contribution < 1.29 is 9.85 Å². The van der Waals surface area contributed by atoms with Crippen molar-refractivity contribution in [2.45, 2.75) is 0 Å². The molecule has 5 aromatic rings. The van der Waals surface area contributed by atoms with Crippen molar-refractivity contribution in [2.75, 3.05) is 0 Å². The van der Waals surface area contributed by atoms with Crippen LogP contribution in [-0.4, -0.2) is 19.8 Å². The molecule has 0 unspecified atom stereocenters. The van der Waals surface area contributed by atoms with Gasteiger partial charge >= 0.3 is 0 Å². The number of halogens is 1. The van der Waals surface area contributed by atoms with Gasteiger partial charge in [-0.3, -0.25) is 25.2 Å². The highest BCUT2D eigenvalue weighted by Gasteiger charge is 2.14. The van der Waals surface area contributed by atoms with Crippen molar-refractivity contribution in [3.63, 3.8) is 0 Å². The van der Waals surface area contributed by atoms with Gasteiger partial charge in [-0.05, 0) is 12.1 Å². The summed E-state index contributed by atoms with van der Waals surface area (Å²) in [6.45, 7) is 0. The lowest BCUT2D eigenvalue weighted by Crippen LogP contribution is -1.91. The van der Waals surface area contributed by atoms with E-state index in [1.807, 2.05) is 36.4 Å². The van der Waals surface area contributed by atoms with Gasteiger partial charge in [-0.15, -0.1) is 0 Å². The van der Waals surface area contributed by atoms with Crippen LogP contribution in [0.25, 0.3) is 32.8 Å². The molecule has 0 aliphatic carbocycles. The molecule has 0 bridgehead atoms. The normalized spacial score (nSPS) is 10.5.